The van der Waals surface area contributed by atoms with Gasteiger partial charge in [-0.2, -0.15) is 5.90 Å². The zero-order valence-electron chi connectivity index (χ0n) is 9.50. The monoisotopic (exact) mass is 199 g/mol. The van der Waals surface area contributed by atoms with Crippen molar-refractivity contribution in [2.24, 2.45) is 5.90 Å². The van der Waals surface area contributed by atoms with Crippen molar-refractivity contribution in [1.82, 2.24) is 0 Å². The van der Waals surface area contributed by atoms with Crippen LogP contribution in [-0.4, -0.2) is 0 Å². The summed E-state index contributed by atoms with van der Waals surface area (Å²) in [6.45, 7) is 2.26. The van der Waals surface area contributed by atoms with Crippen molar-refractivity contribution in [2.45, 2.75) is 64.7 Å². The predicted octanol–water partition coefficient (Wildman–Crippen LogP) is 3.92. The highest BCUT2D eigenvalue weighted by Gasteiger charge is 1.90. The molecule has 0 fully saturated rings. The first-order valence-corrected chi connectivity index (χ1v) is 5.92. The highest BCUT2D eigenvalue weighted by molar-refractivity contribution is 4.72. The average Bonchev–Trinajstić information content (AvgIpc) is 2.21. The van der Waals surface area contributed by atoms with Gasteiger partial charge < -0.3 is 4.84 Å². The molecule has 0 atom stereocenters. The lowest BCUT2D eigenvalue weighted by atomic mass is 10.1. The smallest absolute Gasteiger partial charge is 0.106 e. The number of allylic oxidation sites excluding steroid dienone is 1. The van der Waals surface area contributed by atoms with E-state index in [1.165, 1.54) is 51.4 Å². The summed E-state index contributed by atoms with van der Waals surface area (Å²) in [5.74, 6) is 4.85. The molecule has 0 aromatic heterocycles. The van der Waals surface area contributed by atoms with Gasteiger partial charge in [0.2, 0.25) is 0 Å². The van der Waals surface area contributed by atoms with Crippen LogP contribution in [0.15, 0.2) is 12.3 Å². The molecule has 0 aliphatic rings. The minimum absolute atomic E-state index is 1.09. The zero-order chi connectivity index (χ0) is 10.5. The van der Waals surface area contributed by atoms with Crippen LogP contribution in [0.2, 0.25) is 0 Å². The summed E-state index contributed by atoms with van der Waals surface area (Å²) in [5.41, 5.74) is 0. The Kier molecular flexibility index (Phi) is 12.1. The second-order valence-corrected chi connectivity index (χ2v) is 3.77. The zero-order valence-corrected chi connectivity index (χ0v) is 9.50. The van der Waals surface area contributed by atoms with E-state index in [4.69, 9.17) is 5.90 Å². The molecule has 0 aliphatic heterocycles. The maximum absolute atomic E-state index is 4.85. The molecule has 14 heavy (non-hydrogen) atoms. The largest absolute Gasteiger partial charge is 0.420 e. The van der Waals surface area contributed by atoms with Gasteiger partial charge in [-0.3, -0.25) is 0 Å². The molecule has 0 unspecified atom stereocenters. The second kappa shape index (κ2) is 12.5. The van der Waals surface area contributed by atoms with Gasteiger partial charge >= 0.3 is 0 Å². The third kappa shape index (κ3) is 11.5. The number of hydrogen-bond acceptors (Lipinski definition) is 2. The van der Waals surface area contributed by atoms with Gasteiger partial charge in [-0.1, -0.05) is 51.9 Å². The van der Waals surface area contributed by atoms with Crippen LogP contribution in [0, 0.1) is 0 Å². The molecular formula is C12H25NO. The van der Waals surface area contributed by atoms with Crippen LogP contribution in [0.1, 0.15) is 64.7 Å². The second-order valence-electron chi connectivity index (χ2n) is 3.77. The standard InChI is InChI=1S/C12H25NO/c1-2-3-4-5-6-7-8-9-10-11-12-14-13/h11-12H,2-10,13H2,1H3/b12-11+. The summed E-state index contributed by atoms with van der Waals surface area (Å²) >= 11 is 0. The van der Waals surface area contributed by atoms with Gasteiger partial charge in [0.05, 0.1) is 0 Å². The van der Waals surface area contributed by atoms with Gasteiger partial charge in [0, 0.05) is 0 Å². The molecule has 2 heteroatoms. The number of rotatable bonds is 10. The fraction of sp³-hybridized carbons (Fsp3) is 0.833. The fourth-order valence-electron chi connectivity index (χ4n) is 1.52. The normalized spacial score (nSPS) is 11.0. The van der Waals surface area contributed by atoms with Crippen LogP contribution >= 0.6 is 0 Å². The van der Waals surface area contributed by atoms with Gasteiger partial charge in [0.1, 0.15) is 6.26 Å². The number of nitrogens with two attached hydrogens (primary N) is 1. The molecule has 0 saturated heterocycles. The Balaban J connectivity index is 2.88. The van der Waals surface area contributed by atoms with E-state index in [1.807, 2.05) is 6.08 Å². The van der Waals surface area contributed by atoms with Crippen LogP contribution in [0.4, 0.5) is 0 Å². The first kappa shape index (κ1) is 13.5. The van der Waals surface area contributed by atoms with Crippen LogP contribution in [0.3, 0.4) is 0 Å². The first-order valence-electron chi connectivity index (χ1n) is 5.92. The lowest BCUT2D eigenvalue weighted by Crippen LogP contribution is -1.87. The van der Waals surface area contributed by atoms with E-state index in [2.05, 4.69) is 11.8 Å². The van der Waals surface area contributed by atoms with E-state index < -0.39 is 0 Å². The maximum Gasteiger partial charge on any atom is 0.106 e. The van der Waals surface area contributed by atoms with E-state index in [0.717, 1.165) is 6.42 Å². The van der Waals surface area contributed by atoms with Crippen molar-refractivity contribution < 1.29 is 4.84 Å². The summed E-state index contributed by atoms with van der Waals surface area (Å²) < 4.78 is 0. The van der Waals surface area contributed by atoms with Gasteiger partial charge in [0.25, 0.3) is 0 Å². The molecule has 2 N–H and O–H groups in total. The molecule has 0 aliphatic carbocycles. The maximum atomic E-state index is 4.85. The Labute approximate surface area is 88.5 Å². The van der Waals surface area contributed by atoms with Crippen molar-refractivity contribution in [2.75, 3.05) is 0 Å². The van der Waals surface area contributed by atoms with E-state index >= 15 is 0 Å². The van der Waals surface area contributed by atoms with Crippen LogP contribution in [-0.2, 0) is 4.84 Å². The molecule has 84 valence electrons. The van der Waals surface area contributed by atoms with Crippen LogP contribution in [0.25, 0.3) is 0 Å². The van der Waals surface area contributed by atoms with Gasteiger partial charge in [0.15, 0.2) is 0 Å². The van der Waals surface area contributed by atoms with Crippen LogP contribution < -0.4 is 5.90 Å². The lowest BCUT2D eigenvalue weighted by molar-refractivity contribution is 0.260. The molecule has 0 radical (unpaired) electrons. The van der Waals surface area contributed by atoms with E-state index in [0.29, 0.717) is 0 Å². The third-order valence-electron chi connectivity index (χ3n) is 2.40. The van der Waals surface area contributed by atoms with Crippen molar-refractivity contribution in [3.05, 3.63) is 12.3 Å². The topological polar surface area (TPSA) is 35.2 Å². The summed E-state index contributed by atoms with van der Waals surface area (Å²) in [7, 11) is 0. The first-order chi connectivity index (χ1) is 6.91. The van der Waals surface area contributed by atoms with Crippen molar-refractivity contribution >= 4 is 0 Å². The van der Waals surface area contributed by atoms with Crippen LogP contribution in [0.5, 0.6) is 0 Å². The number of unbranched alkanes of at least 4 members (excludes halogenated alkanes) is 8. The summed E-state index contributed by atoms with van der Waals surface area (Å²) in [4.78, 5) is 4.33. The van der Waals surface area contributed by atoms with E-state index in [-0.39, 0.29) is 0 Å². The molecule has 0 rings (SSSR count). The minimum Gasteiger partial charge on any atom is -0.420 e. The van der Waals surface area contributed by atoms with Crippen molar-refractivity contribution in [3.8, 4) is 0 Å². The molecule has 0 aromatic rings. The molecule has 0 saturated carbocycles. The Hall–Kier alpha value is -0.500. The Bertz CT molecular complexity index is 123. The summed E-state index contributed by atoms with van der Waals surface area (Å²) in [5, 5.41) is 0. The lowest BCUT2D eigenvalue weighted by Gasteiger charge is -1.99. The minimum atomic E-state index is 1.09. The molecular weight excluding hydrogens is 174 g/mol. The van der Waals surface area contributed by atoms with E-state index in [9.17, 15) is 0 Å². The fourth-order valence-corrected chi connectivity index (χ4v) is 1.52. The van der Waals surface area contributed by atoms with Gasteiger partial charge in [-0.05, 0) is 18.9 Å². The Morgan fingerprint density at radius 1 is 0.929 bits per heavy atom. The highest BCUT2D eigenvalue weighted by Crippen LogP contribution is 2.09. The Morgan fingerprint density at radius 2 is 1.50 bits per heavy atom. The summed E-state index contributed by atoms with van der Waals surface area (Å²) in [6.07, 6.45) is 15.6. The van der Waals surface area contributed by atoms with Gasteiger partial charge in [-0.25, -0.2) is 0 Å². The number of hydrogen-bond donors (Lipinski definition) is 1. The molecule has 2 nitrogen and oxygen atoms in total. The van der Waals surface area contributed by atoms with E-state index in [1.54, 1.807) is 6.26 Å². The Morgan fingerprint density at radius 3 is 2.07 bits per heavy atom. The van der Waals surface area contributed by atoms with Crippen molar-refractivity contribution in [3.63, 3.8) is 0 Å². The summed E-state index contributed by atoms with van der Waals surface area (Å²) in [6, 6.07) is 0. The highest BCUT2D eigenvalue weighted by atomic mass is 16.6. The molecule has 0 spiro atoms. The quantitative estimate of drug-likeness (QED) is 0.329. The van der Waals surface area contributed by atoms with Gasteiger partial charge in [-0.15, -0.1) is 0 Å². The van der Waals surface area contributed by atoms with Crippen molar-refractivity contribution in [1.29, 1.82) is 0 Å². The third-order valence-corrected chi connectivity index (χ3v) is 2.40. The molecule has 0 amide bonds. The molecule has 0 aromatic carbocycles. The predicted molar refractivity (Wildman–Crippen MR) is 61.6 cm³/mol. The molecule has 0 heterocycles. The SMILES string of the molecule is CCCCCCCCCC/C=C/ON. The average molecular weight is 199 g/mol. The molecule has 0 bridgehead atoms.